The SMILES string of the molecule is C.C=C(/C=C\C=C/C)OCCC.CC. The highest BCUT2D eigenvalue weighted by molar-refractivity contribution is 5.13. The van der Waals surface area contributed by atoms with Gasteiger partial charge in [-0.15, -0.1) is 0 Å². The van der Waals surface area contributed by atoms with Gasteiger partial charge in [-0.1, -0.05) is 53.0 Å². The second-order valence-corrected chi connectivity index (χ2v) is 2.20. The summed E-state index contributed by atoms with van der Waals surface area (Å²) >= 11 is 0. The van der Waals surface area contributed by atoms with Crippen molar-refractivity contribution in [1.29, 1.82) is 0 Å². The zero-order valence-electron chi connectivity index (χ0n) is 9.34. The highest BCUT2D eigenvalue weighted by Crippen LogP contribution is 1.96. The van der Waals surface area contributed by atoms with Gasteiger partial charge in [0.1, 0.15) is 5.76 Å². The fraction of sp³-hybridized carbons (Fsp3) is 0.538. The molecule has 1 nitrogen and oxygen atoms in total. The van der Waals surface area contributed by atoms with Gasteiger partial charge >= 0.3 is 0 Å². The smallest absolute Gasteiger partial charge is 0.112 e. The van der Waals surface area contributed by atoms with Gasteiger partial charge in [-0.05, 0) is 19.4 Å². The Kier molecular flexibility index (Phi) is 24.0. The molecule has 0 spiro atoms. The van der Waals surface area contributed by atoms with Crippen molar-refractivity contribution in [2.75, 3.05) is 6.61 Å². The standard InChI is InChI=1S/C10H16O.C2H6.CH4/c1-4-6-7-8-10(3)11-9-5-2;1-2;/h4,6-8H,3,5,9H2,1-2H3;1-2H3;1H4/b6-4-,8-7-;;. The topological polar surface area (TPSA) is 9.23 Å². The van der Waals surface area contributed by atoms with Crippen LogP contribution in [0.2, 0.25) is 0 Å². The van der Waals surface area contributed by atoms with E-state index >= 15 is 0 Å². The van der Waals surface area contributed by atoms with Crippen LogP contribution in [0, 0.1) is 0 Å². The molecule has 0 fully saturated rings. The Bertz CT molecular complexity index is 155. The van der Waals surface area contributed by atoms with Crippen molar-refractivity contribution in [3.63, 3.8) is 0 Å². The Morgan fingerprint density at radius 2 is 1.86 bits per heavy atom. The van der Waals surface area contributed by atoms with Gasteiger partial charge in [-0.25, -0.2) is 0 Å². The number of ether oxygens (including phenoxy) is 1. The summed E-state index contributed by atoms with van der Waals surface area (Å²) in [5.74, 6) is 0.727. The third kappa shape index (κ3) is 17.2. The van der Waals surface area contributed by atoms with Crippen molar-refractivity contribution in [1.82, 2.24) is 0 Å². The summed E-state index contributed by atoms with van der Waals surface area (Å²) in [5.41, 5.74) is 0. The molecule has 0 aromatic heterocycles. The Balaban J connectivity index is -0.000000376. The lowest BCUT2D eigenvalue weighted by molar-refractivity contribution is 0.226. The molecule has 84 valence electrons. The molecular weight excluding hydrogens is 172 g/mol. The first-order valence-corrected chi connectivity index (χ1v) is 4.92. The van der Waals surface area contributed by atoms with E-state index in [2.05, 4.69) is 13.5 Å². The van der Waals surface area contributed by atoms with Gasteiger partial charge in [-0.3, -0.25) is 0 Å². The first-order chi connectivity index (χ1) is 6.31. The fourth-order valence-corrected chi connectivity index (χ4v) is 0.555. The maximum absolute atomic E-state index is 5.22. The third-order valence-corrected chi connectivity index (χ3v) is 1.08. The lowest BCUT2D eigenvalue weighted by atomic mass is 10.4. The van der Waals surface area contributed by atoms with E-state index in [4.69, 9.17) is 4.74 Å². The Morgan fingerprint density at radius 3 is 2.29 bits per heavy atom. The van der Waals surface area contributed by atoms with Crippen LogP contribution in [0.5, 0.6) is 0 Å². The van der Waals surface area contributed by atoms with E-state index in [9.17, 15) is 0 Å². The molecule has 0 N–H and O–H groups in total. The molecule has 0 amide bonds. The summed E-state index contributed by atoms with van der Waals surface area (Å²) in [6, 6.07) is 0. The lowest BCUT2D eigenvalue weighted by Crippen LogP contribution is -1.88. The highest BCUT2D eigenvalue weighted by Gasteiger charge is 1.84. The fourth-order valence-electron chi connectivity index (χ4n) is 0.555. The van der Waals surface area contributed by atoms with Crippen molar-refractivity contribution in [3.05, 3.63) is 36.6 Å². The molecule has 0 saturated carbocycles. The minimum atomic E-state index is 0. The van der Waals surface area contributed by atoms with Crippen molar-refractivity contribution >= 4 is 0 Å². The van der Waals surface area contributed by atoms with Gasteiger partial charge < -0.3 is 4.74 Å². The summed E-state index contributed by atoms with van der Waals surface area (Å²) in [7, 11) is 0. The third-order valence-electron chi connectivity index (χ3n) is 1.08. The summed E-state index contributed by atoms with van der Waals surface area (Å²) in [6.45, 7) is 12.5. The van der Waals surface area contributed by atoms with Crippen LogP contribution in [0.25, 0.3) is 0 Å². The van der Waals surface area contributed by atoms with E-state index in [1.807, 2.05) is 45.1 Å². The molecule has 0 atom stereocenters. The van der Waals surface area contributed by atoms with E-state index in [1.165, 1.54) is 0 Å². The van der Waals surface area contributed by atoms with Gasteiger partial charge in [-0.2, -0.15) is 0 Å². The Morgan fingerprint density at radius 1 is 1.29 bits per heavy atom. The van der Waals surface area contributed by atoms with E-state index in [0.717, 1.165) is 18.8 Å². The predicted octanol–water partition coefficient (Wildman–Crippen LogP) is 4.72. The zero-order valence-corrected chi connectivity index (χ0v) is 9.34. The monoisotopic (exact) mass is 198 g/mol. The minimum Gasteiger partial charge on any atom is -0.494 e. The van der Waals surface area contributed by atoms with Crippen molar-refractivity contribution in [2.24, 2.45) is 0 Å². The molecule has 0 unspecified atom stereocenters. The summed E-state index contributed by atoms with van der Waals surface area (Å²) < 4.78 is 5.22. The molecule has 1 heteroatoms. The Hall–Kier alpha value is -0.980. The molecule has 0 heterocycles. The second-order valence-electron chi connectivity index (χ2n) is 2.20. The largest absolute Gasteiger partial charge is 0.494 e. The van der Waals surface area contributed by atoms with Gasteiger partial charge in [0, 0.05) is 0 Å². The van der Waals surface area contributed by atoms with E-state index in [0.29, 0.717) is 0 Å². The van der Waals surface area contributed by atoms with Crippen LogP contribution in [0.1, 0.15) is 41.5 Å². The van der Waals surface area contributed by atoms with Crippen molar-refractivity contribution < 1.29 is 4.74 Å². The first-order valence-electron chi connectivity index (χ1n) is 4.92. The molecule has 0 bridgehead atoms. The summed E-state index contributed by atoms with van der Waals surface area (Å²) in [6.07, 6.45) is 8.70. The molecule has 0 aromatic carbocycles. The van der Waals surface area contributed by atoms with Crippen LogP contribution in [0.3, 0.4) is 0 Å². The molecular formula is C13H26O. The quantitative estimate of drug-likeness (QED) is 0.459. The molecule has 14 heavy (non-hydrogen) atoms. The van der Waals surface area contributed by atoms with E-state index in [-0.39, 0.29) is 7.43 Å². The van der Waals surface area contributed by atoms with Gasteiger partial charge in [0.2, 0.25) is 0 Å². The molecule has 0 radical (unpaired) electrons. The predicted molar refractivity (Wildman–Crippen MR) is 67.4 cm³/mol. The maximum atomic E-state index is 5.22. The zero-order chi connectivity index (χ0) is 10.5. The average molecular weight is 198 g/mol. The van der Waals surface area contributed by atoms with E-state index < -0.39 is 0 Å². The van der Waals surface area contributed by atoms with Crippen LogP contribution in [-0.2, 0) is 4.74 Å². The molecule has 0 aromatic rings. The van der Waals surface area contributed by atoms with Crippen molar-refractivity contribution in [3.8, 4) is 0 Å². The second kappa shape index (κ2) is 17.9. The van der Waals surface area contributed by atoms with E-state index in [1.54, 1.807) is 0 Å². The van der Waals surface area contributed by atoms with Gasteiger partial charge in [0.15, 0.2) is 0 Å². The number of rotatable bonds is 5. The van der Waals surface area contributed by atoms with Gasteiger partial charge in [0.25, 0.3) is 0 Å². The highest BCUT2D eigenvalue weighted by atomic mass is 16.5. The Labute approximate surface area is 90.2 Å². The molecule has 0 aliphatic heterocycles. The maximum Gasteiger partial charge on any atom is 0.112 e. The lowest BCUT2D eigenvalue weighted by Gasteiger charge is -2.01. The molecule has 0 saturated heterocycles. The normalized spacial score (nSPS) is 9.14. The molecule has 0 rings (SSSR count). The summed E-state index contributed by atoms with van der Waals surface area (Å²) in [4.78, 5) is 0. The van der Waals surface area contributed by atoms with Gasteiger partial charge in [0.05, 0.1) is 6.61 Å². The number of hydrogen-bond acceptors (Lipinski definition) is 1. The van der Waals surface area contributed by atoms with Crippen LogP contribution in [0.4, 0.5) is 0 Å². The average Bonchev–Trinajstić information content (AvgIpc) is 2.18. The van der Waals surface area contributed by atoms with Crippen LogP contribution < -0.4 is 0 Å². The van der Waals surface area contributed by atoms with Crippen molar-refractivity contribution in [2.45, 2.75) is 41.5 Å². The first kappa shape index (κ1) is 18.7. The molecule has 0 aliphatic rings. The van der Waals surface area contributed by atoms with Crippen LogP contribution in [-0.4, -0.2) is 6.61 Å². The summed E-state index contributed by atoms with van der Waals surface area (Å²) in [5, 5.41) is 0. The van der Waals surface area contributed by atoms with Crippen LogP contribution in [0.15, 0.2) is 36.6 Å². The minimum absolute atomic E-state index is 0. The van der Waals surface area contributed by atoms with Crippen LogP contribution >= 0.6 is 0 Å². The number of allylic oxidation sites excluding steroid dienone is 4. The molecule has 0 aliphatic carbocycles. The number of hydrogen-bond donors (Lipinski definition) is 0.